The van der Waals surface area contributed by atoms with E-state index in [1.165, 1.54) is 12.1 Å². The van der Waals surface area contributed by atoms with Crippen LogP contribution in [0.1, 0.15) is 0 Å². The smallest absolute Gasteiger partial charge is 0.336 e. The molecule has 1 aromatic carbocycles. The monoisotopic (exact) mass is 348 g/mol. The number of esters is 1. The normalized spacial score (nSPS) is 16.5. The summed E-state index contributed by atoms with van der Waals surface area (Å²) in [5, 5.41) is 2.41. The van der Waals surface area contributed by atoms with Crippen LogP contribution in [0.5, 0.6) is 0 Å². The quantitative estimate of drug-likeness (QED) is 0.809. The number of halogens is 1. The van der Waals surface area contributed by atoms with Crippen molar-refractivity contribution >= 4 is 43.6 Å². The molecule has 0 atom stereocenters. The number of carbonyl (C=O) groups excluding carboxylic acids is 2. The number of hydrogen-bond acceptors (Lipinski definition) is 5. The first-order chi connectivity index (χ1) is 8.87. The summed E-state index contributed by atoms with van der Waals surface area (Å²) in [5.41, 5.74) is 0.167. The van der Waals surface area contributed by atoms with E-state index in [4.69, 9.17) is 0 Å². The lowest BCUT2D eigenvalue weighted by molar-refractivity contribution is -0.140. The summed E-state index contributed by atoms with van der Waals surface area (Å²) in [6.45, 7) is -0.675. The van der Waals surface area contributed by atoms with E-state index in [2.05, 4.69) is 26.0 Å². The van der Waals surface area contributed by atoms with Gasteiger partial charge < -0.3 is 10.1 Å². The topological polar surface area (TPSA) is 92.8 Å². The molecule has 19 heavy (non-hydrogen) atoms. The Morgan fingerprint density at radius 3 is 2.79 bits per heavy atom. The molecule has 0 fully saturated rings. The molecule has 0 saturated heterocycles. The molecule has 9 heteroatoms. The standard InChI is InChI=1S/C10H9BrN2O5S/c1-18-8(14)5-13-10(15)12-7-4-2-3-6(11)9(7)19(13,16)17/h2-4H,5H2,1H3,(H,12,15). The van der Waals surface area contributed by atoms with Crippen molar-refractivity contribution in [1.29, 1.82) is 0 Å². The number of hydrogen-bond donors (Lipinski definition) is 1. The number of fused-ring (bicyclic) bond motifs is 1. The predicted molar refractivity (Wildman–Crippen MR) is 69.1 cm³/mol. The molecule has 0 aliphatic carbocycles. The maximum absolute atomic E-state index is 12.3. The number of methoxy groups -OCH3 is 1. The van der Waals surface area contributed by atoms with Crippen molar-refractivity contribution < 1.29 is 22.7 Å². The Hall–Kier alpha value is -1.61. The fourth-order valence-corrected chi connectivity index (χ4v) is 4.06. The van der Waals surface area contributed by atoms with E-state index >= 15 is 0 Å². The van der Waals surface area contributed by atoms with E-state index in [-0.39, 0.29) is 10.6 Å². The molecule has 0 radical (unpaired) electrons. The average molecular weight is 349 g/mol. The zero-order valence-electron chi connectivity index (χ0n) is 9.71. The molecule has 7 nitrogen and oxygen atoms in total. The minimum atomic E-state index is -4.09. The molecule has 0 bridgehead atoms. The zero-order chi connectivity index (χ0) is 14.2. The summed E-state index contributed by atoms with van der Waals surface area (Å²) < 4.78 is 29.7. The highest BCUT2D eigenvalue weighted by Gasteiger charge is 2.39. The van der Waals surface area contributed by atoms with Gasteiger partial charge in [0.25, 0.3) is 10.0 Å². The van der Waals surface area contributed by atoms with Crippen molar-refractivity contribution in [3.05, 3.63) is 22.7 Å². The Morgan fingerprint density at radius 1 is 1.47 bits per heavy atom. The largest absolute Gasteiger partial charge is 0.468 e. The van der Waals surface area contributed by atoms with Gasteiger partial charge in [-0.2, -0.15) is 0 Å². The number of benzene rings is 1. The third kappa shape index (κ3) is 2.30. The summed E-state index contributed by atoms with van der Waals surface area (Å²) in [4.78, 5) is 22.9. The molecule has 1 N–H and O–H groups in total. The second kappa shape index (κ2) is 4.82. The molecule has 1 aromatic rings. The molecule has 1 aliphatic heterocycles. The lowest BCUT2D eigenvalue weighted by Gasteiger charge is -2.28. The minimum absolute atomic E-state index is 0.0847. The lowest BCUT2D eigenvalue weighted by Crippen LogP contribution is -2.46. The third-order valence-corrected chi connectivity index (χ3v) is 5.24. The number of ether oxygens (including phenoxy) is 1. The molecule has 1 aliphatic rings. The fourth-order valence-electron chi connectivity index (χ4n) is 1.60. The highest BCUT2D eigenvalue weighted by molar-refractivity contribution is 9.10. The molecular weight excluding hydrogens is 340 g/mol. The number of sulfonamides is 1. The van der Waals surface area contributed by atoms with Crippen LogP contribution in [-0.2, 0) is 19.6 Å². The maximum atomic E-state index is 12.3. The van der Waals surface area contributed by atoms with Crippen molar-refractivity contribution in [2.45, 2.75) is 4.90 Å². The van der Waals surface area contributed by atoms with Gasteiger partial charge in [-0.1, -0.05) is 6.07 Å². The van der Waals surface area contributed by atoms with Crippen molar-refractivity contribution in [2.75, 3.05) is 19.0 Å². The van der Waals surface area contributed by atoms with Crippen molar-refractivity contribution in [2.24, 2.45) is 0 Å². The van der Waals surface area contributed by atoms with Gasteiger partial charge in [-0.05, 0) is 28.1 Å². The summed E-state index contributed by atoms with van der Waals surface area (Å²) in [6, 6.07) is 3.69. The second-order valence-corrected chi connectivity index (χ2v) is 6.29. The van der Waals surface area contributed by atoms with Gasteiger partial charge in [-0.15, -0.1) is 0 Å². The Balaban J connectivity index is 2.54. The Bertz CT molecular complexity index is 658. The minimum Gasteiger partial charge on any atom is -0.468 e. The van der Waals surface area contributed by atoms with Crippen LogP contribution in [0, 0.1) is 0 Å². The van der Waals surface area contributed by atoms with Crippen LogP contribution < -0.4 is 5.32 Å². The van der Waals surface area contributed by atoms with Gasteiger partial charge in [0, 0.05) is 4.47 Å². The van der Waals surface area contributed by atoms with Crippen LogP contribution in [0.4, 0.5) is 10.5 Å². The fraction of sp³-hybridized carbons (Fsp3) is 0.200. The molecule has 102 valence electrons. The molecule has 1 heterocycles. The third-order valence-electron chi connectivity index (χ3n) is 2.48. The first-order valence-corrected chi connectivity index (χ1v) is 7.30. The number of nitrogens with zero attached hydrogens (tertiary/aromatic N) is 1. The molecule has 2 amide bonds. The van der Waals surface area contributed by atoms with Gasteiger partial charge >= 0.3 is 12.0 Å². The molecule has 0 saturated carbocycles. The highest BCUT2D eigenvalue weighted by atomic mass is 79.9. The van der Waals surface area contributed by atoms with E-state index < -0.39 is 28.6 Å². The van der Waals surface area contributed by atoms with Crippen LogP contribution in [-0.4, -0.2) is 38.4 Å². The van der Waals surface area contributed by atoms with Crippen LogP contribution in [0.2, 0.25) is 0 Å². The van der Waals surface area contributed by atoms with Crippen molar-refractivity contribution in [3.63, 3.8) is 0 Å². The first kappa shape index (κ1) is 13.8. The van der Waals surface area contributed by atoms with E-state index in [0.29, 0.717) is 8.78 Å². The SMILES string of the molecule is COC(=O)CN1C(=O)Nc2cccc(Br)c2S1(=O)=O. The van der Waals surface area contributed by atoms with Gasteiger partial charge in [0.1, 0.15) is 11.4 Å². The summed E-state index contributed by atoms with van der Waals surface area (Å²) in [5.74, 6) is -0.825. The van der Waals surface area contributed by atoms with Crippen LogP contribution in [0.25, 0.3) is 0 Å². The average Bonchev–Trinajstić information content (AvgIpc) is 2.33. The van der Waals surface area contributed by atoms with Crippen LogP contribution in [0.3, 0.4) is 0 Å². The summed E-state index contributed by atoms with van der Waals surface area (Å²) in [7, 11) is -2.98. The maximum Gasteiger partial charge on any atom is 0.336 e. The Kier molecular flexibility index (Phi) is 3.50. The molecule has 0 unspecified atom stereocenters. The van der Waals surface area contributed by atoms with Crippen LogP contribution in [0.15, 0.2) is 27.6 Å². The number of amides is 2. The Morgan fingerprint density at radius 2 is 2.16 bits per heavy atom. The van der Waals surface area contributed by atoms with E-state index in [0.717, 1.165) is 7.11 Å². The number of anilines is 1. The number of rotatable bonds is 2. The van der Waals surface area contributed by atoms with E-state index in [1.54, 1.807) is 6.07 Å². The van der Waals surface area contributed by atoms with E-state index in [9.17, 15) is 18.0 Å². The molecule has 0 spiro atoms. The number of nitrogens with one attached hydrogen (secondary N) is 1. The number of urea groups is 1. The second-order valence-electron chi connectivity index (χ2n) is 3.63. The highest BCUT2D eigenvalue weighted by Crippen LogP contribution is 2.35. The zero-order valence-corrected chi connectivity index (χ0v) is 12.1. The molecule has 2 rings (SSSR count). The van der Waals surface area contributed by atoms with Crippen molar-refractivity contribution in [3.8, 4) is 0 Å². The Labute approximate surface area is 117 Å². The van der Waals surface area contributed by atoms with Gasteiger partial charge in [-0.3, -0.25) is 4.79 Å². The van der Waals surface area contributed by atoms with Gasteiger partial charge in [0.15, 0.2) is 0 Å². The predicted octanol–water partition coefficient (Wildman–Crippen LogP) is 1.16. The summed E-state index contributed by atoms with van der Waals surface area (Å²) >= 11 is 3.12. The molecule has 0 aromatic heterocycles. The molecular formula is C10H9BrN2O5S. The summed E-state index contributed by atoms with van der Waals surface area (Å²) in [6.07, 6.45) is 0. The van der Waals surface area contributed by atoms with Gasteiger partial charge in [-0.25, -0.2) is 17.5 Å². The van der Waals surface area contributed by atoms with Gasteiger partial charge in [0.05, 0.1) is 12.8 Å². The first-order valence-electron chi connectivity index (χ1n) is 5.07. The van der Waals surface area contributed by atoms with Crippen molar-refractivity contribution in [1.82, 2.24) is 4.31 Å². The number of carbonyl (C=O) groups is 2. The lowest BCUT2D eigenvalue weighted by atomic mass is 10.3. The van der Waals surface area contributed by atoms with E-state index in [1.807, 2.05) is 0 Å². The van der Waals surface area contributed by atoms with Crippen LogP contribution >= 0.6 is 15.9 Å². The van der Waals surface area contributed by atoms with Gasteiger partial charge in [0.2, 0.25) is 0 Å².